The third-order valence-corrected chi connectivity index (χ3v) is 3.78. The summed E-state index contributed by atoms with van der Waals surface area (Å²) >= 11 is 1.49. The number of aryl methyl sites for hydroxylation is 1. The Morgan fingerprint density at radius 3 is 2.55 bits per heavy atom. The fourth-order valence-electron chi connectivity index (χ4n) is 1.44. The summed E-state index contributed by atoms with van der Waals surface area (Å²) in [7, 11) is 0. The molecule has 0 saturated carbocycles. The van der Waals surface area contributed by atoms with Crippen LogP contribution in [0.5, 0.6) is 0 Å². The van der Waals surface area contributed by atoms with E-state index in [1.54, 1.807) is 12.3 Å². The number of ether oxygens (including phenoxy) is 1. The first-order valence-corrected chi connectivity index (χ1v) is 8.33. The largest absolute Gasteiger partial charge is 0.461 e. The molecule has 20 heavy (non-hydrogen) atoms. The Balaban J connectivity index is 0.000000396. The maximum Gasteiger partial charge on any atom is 0.357 e. The summed E-state index contributed by atoms with van der Waals surface area (Å²) in [4.78, 5) is 15.2. The average Bonchev–Trinajstić information content (AvgIpc) is 2.94. The van der Waals surface area contributed by atoms with E-state index in [4.69, 9.17) is 10.5 Å². The van der Waals surface area contributed by atoms with E-state index in [0.717, 1.165) is 17.8 Å². The molecule has 0 spiro atoms. The molecule has 0 aliphatic carbocycles. The number of thiazole rings is 1. The minimum Gasteiger partial charge on any atom is -0.461 e. The van der Waals surface area contributed by atoms with Crippen molar-refractivity contribution >= 4 is 17.3 Å². The number of carbonyl (C=O) groups is 1. The van der Waals surface area contributed by atoms with Crippen LogP contribution in [-0.2, 0) is 11.2 Å². The molecule has 0 saturated heterocycles. The van der Waals surface area contributed by atoms with Gasteiger partial charge in [-0.3, -0.25) is 0 Å². The zero-order chi connectivity index (χ0) is 15.4. The monoisotopic (exact) mass is 300 g/mol. The molecule has 1 unspecified atom stereocenters. The first kappa shape index (κ1) is 19.1. The molecule has 1 heterocycles. The van der Waals surface area contributed by atoms with Crippen LogP contribution >= 0.6 is 11.3 Å². The first-order chi connectivity index (χ1) is 9.58. The third kappa shape index (κ3) is 8.27. The first-order valence-electron chi connectivity index (χ1n) is 7.45. The molecule has 116 valence electrons. The zero-order valence-corrected chi connectivity index (χ0v) is 14.0. The maximum absolute atomic E-state index is 11.1. The van der Waals surface area contributed by atoms with Gasteiger partial charge in [-0.15, -0.1) is 11.3 Å². The molecule has 0 aromatic carbocycles. The Hall–Kier alpha value is -0.940. The van der Waals surface area contributed by atoms with Gasteiger partial charge in [0.2, 0.25) is 0 Å². The van der Waals surface area contributed by atoms with E-state index in [1.165, 1.54) is 30.6 Å². The Morgan fingerprint density at radius 2 is 2.10 bits per heavy atom. The van der Waals surface area contributed by atoms with Crippen molar-refractivity contribution in [2.24, 2.45) is 5.73 Å². The van der Waals surface area contributed by atoms with Crippen molar-refractivity contribution in [2.75, 3.05) is 6.61 Å². The van der Waals surface area contributed by atoms with E-state index >= 15 is 0 Å². The lowest BCUT2D eigenvalue weighted by molar-refractivity contribution is 0.0520. The van der Waals surface area contributed by atoms with Gasteiger partial charge in [0.25, 0.3) is 0 Å². The molecule has 0 radical (unpaired) electrons. The van der Waals surface area contributed by atoms with Gasteiger partial charge in [-0.1, -0.05) is 33.6 Å². The molecular weight excluding hydrogens is 272 g/mol. The van der Waals surface area contributed by atoms with Gasteiger partial charge in [0.05, 0.1) is 11.6 Å². The van der Waals surface area contributed by atoms with Gasteiger partial charge in [-0.05, 0) is 26.2 Å². The summed E-state index contributed by atoms with van der Waals surface area (Å²) in [6.07, 6.45) is 5.75. The average molecular weight is 300 g/mol. The molecule has 1 rings (SSSR count). The van der Waals surface area contributed by atoms with Gasteiger partial charge in [0.1, 0.15) is 0 Å². The molecule has 1 atom stereocenters. The van der Waals surface area contributed by atoms with Crippen molar-refractivity contribution in [3.8, 4) is 0 Å². The fourth-order valence-corrected chi connectivity index (χ4v) is 2.16. The highest BCUT2D eigenvalue weighted by atomic mass is 32.1. The highest BCUT2D eigenvalue weighted by Gasteiger charge is 2.09. The van der Waals surface area contributed by atoms with Crippen LogP contribution in [-0.4, -0.2) is 23.6 Å². The fraction of sp³-hybridized carbons (Fsp3) is 0.733. The van der Waals surface area contributed by atoms with Crippen LogP contribution in [0.3, 0.4) is 0 Å². The smallest absolute Gasteiger partial charge is 0.357 e. The number of hydrogen-bond acceptors (Lipinski definition) is 5. The zero-order valence-electron chi connectivity index (χ0n) is 13.1. The maximum atomic E-state index is 11.1. The molecule has 1 aromatic rings. The van der Waals surface area contributed by atoms with Crippen molar-refractivity contribution in [3.63, 3.8) is 0 Å². The van der Waals surface area contributed by atoms with Gasteiger partial charge in [0.15, 0.2) is 5.69 Å². The molecule has 0 amide bonds. The van der Waals surface area contributed by atoms with E-state index in [2.05, 4.69) is 18.8 Å². The molecular formula is C15H28N2O2S. The Morgan fingerprint density at radius 1 is 1.40 bits per heavy atom. The van der Waals surface area contributed by atoms with Crippen LogP contribution < -0.4 is 5.73 Å². The van der Waals surface area contributed by atoms with E-state index in [0.29, 0.717) is 18.3 Å². The lowest BCUT2D eigenvalue weighted by atomic mass is 10.1. The number of carbonyl (C=O) groups excluding carboxylic acids is 1. The van der Waals surface area contributed by atoms with Gasteiger partial charge in [0, 0.05) is 11.4 Å². The second-order valence-corrected chi connectivity index (χ2v) is 5.45. The lowest BCUT2D eigenvalue weighted by Gasteiger charge is -2.04. The normalized spacial score (nSPS) is 11.4. The number of rotatable bonds is 7. The van der Waals surface area contributed by atoms with Crippen molar-refractivity contribution in [3.05, 3.63) is 16.1 Å². The quantitative estimate of drug-likeness (QED) is 0.778. The van der Waals surface area contributed by atoms with Crippen LogP contribution in [0, 0.1) is 0 Å². The summed E-state index contributed by atoms with van der Waals surface area (Å²) in [5.74, 6) is -0.326. The van der Waals surface area contributed by atoms with Crippen LogP contribution in [0.1, 0.15) is 68.9 Å². The SMILES string of the molecule is CCCCC(N)CC.CCOC(=O)c1csc(CC)n1. The molecule has 5 heteroatoms. The molecule has 0 aliphatic heterocycles. The summed E-state index contributed by atoms with van der Waals surface area (Å²) in [5.41, 5.74) is 6.09. The molecule has 0 fully saturated rings. The number of nitrogens with two attached hydrogens (primary N) is 1. The lowest BCUT2D eigenvalue weighted by Crippen LogP contribution is -2.17. The van der Waals surface area contributed by atoms with Crippen LogP contribution in [0.15, 0.2) is 5.38 Å². The molecule has 4 nitrogen and oxygen atoms in total. The summed E-state index contributed by atoms with van der Waals surface area (Å²) in [5, 5.41) is 2.70. The van der Waals surface area contributed by atoms with E-state index in [-0.39, 0.29) is 5.97 Å². The number of hydrogen-bond donors (Lipinski definition) is 1. The number of nitrogens with zero attached hydrogens (tertiary/aromatic N) is 1. The van der Waals surface area contributed by atoms with Crippen LogP contribution in [0.4, 0.5) is 0 Å². The van der Waals surface area contributed by atoms with Gasteiger partial charge < -0.3 is 10.5 Å². The Kier molecular flexibility index (Phi) is 11.3. The van der Waals surface area contributed by atoms with Crippen molar-refractivity contribution in [1.82, 2.24) is 4.98 Å². The van der Waals surface area contributed by atoms with Crippen LogP contribution in [0.25, 0.3) is 0 Å². The van der Waals surface area contributed by atoms with E-state index < -0.39 is 0 Å². The third-order valence-electron chi connectivity index (χ3n) is 2.79. The minimum absolute atomic E-state index is 0.326. The molecule has 2 N–H and O–H groups in total. The highest BCUT2D eigenvalue weighted by Crippen LogP contribution is 2.10. The van der Waals surface area contributed by atoms with Crippen LogP contribution in [0.2, 0.25) is 0 Å². The van der Waals surface area contributed by atoms with Crippen molar-refractivity contribution in [1.29, 1.82) is 0 Å². The minimum atomic E-state index is -0.326. The molecule has 0 bridgehead atoms. The van der Waals surface area contributed by atoms with Gasteiger partial charge in [-0.2, -0.15) is 0 Å². The number of aromatic nitrogens is 1. The standard InChI is InChI=1S/C8H11NO2S.C7H17N/c1-3-7-9-6(5-12-7)8(10)11-4-2;1-3-5-6-7(8)4-2/h5H,3-4H2,1-2H3;7H,3-6,8H2,1-2H3. The summed E-state index contributed by atoms with van der Waals surface area (Å²) in [6, 6.07) is 0.454. The predicted molar refractivity (Wildman–Crippen MR) is 85.2 cm³/mol. The van der Waals surface area contributed by atoms with Gasteiger partial charge >= 0.3 is 5.97 Å². The van der Waals surface area contributed by atoms with E-state index in [1.807, 2.05) is 6.92 Å². The van der Waals surface area contributed by atoms with Crippen molar-refractivity contribution < 1.29 is 9.53 Å². The van der Waals surface area contributed by atoms with E-state index in [9.17, 15) is 4.79 Å². The second-order valence-electron chi connectivity index (χ2n) is 4.51. The topological polar surface area (TPSA) is 65.2 Å². The highest BCUT2D eigenvalue weighted by molar-refractivity contribution is 7.09. The molecule has 1 aromatic heterocycles. The molecule has 0 aliphatic rings. The number of unbranched alkanes of at least 4 members (excludes halogenated alkanes) is 1. The summed E-state index contributed by atoms with van der Waals surface area (Å²) in [6.45, 7) is 8.53. The van der Waals surface area contributed by atoms with Crippen molar-refractivity contribution in [2.45, 2.75) is 65.8 Å². The number of esters is 1. The summed E-state index contributed by atoms with van der Waals surface area (Å²) < 4.78 is 4.79. The predicted octanol–water partition coefficient (Wildman–Crippen LogP) is 3.80. The second kappa shape index (κ2) is 11.9. The Bertz CT molecular complexity index is 367. The van der Waals surface area contributed by atoms with Gasteiger partial charge in [-0.25, -0.2) is 9.78 Å². The Labute approximate surface area is 126 Å².